The van der Waals surface area contributed by atoms with Gasteiger partial charge in [-0.1, -0.05) is 17.7 Å². The molecule has 0 spiro atoms. The van der Waals surface area contributed by atoms with Crippen molar-refractivity contribution in [2.75, 3.05) is 16.8 Å². The smallest absolute Gasteiger partial charge is 0.433 e. The number of halogens is 12. The molecule has 3 aromatic carbocycles. The number of anilines is 2. The molecular weight excluding hydrogens is 645 g/mol. The molecule has 17 heteroatoms. The Bertz CT molecular complexity index is 1560. The van der Waals surface area contributed by atoms with Crippen LogP contribution in [0.5, 0.6) is 5.75 Å². The third kappa shape index (κ3) is 6.54. The second-order valence-electron chi connectivity index (χ2n) is 8.97. The first-order valence-electron chi connectivity index (χ1n) is 12.0. The van der Waals surface area contributed by atoms with Crippen molar-refractivity contribution in [1.29, 1.82) is 0 Å². The molecule has 0 saturated carbocycles. The molecule has 3 rings (SSSR count). The number of alkyl halides is 9. The molecule has 2 amide bonds. The minimum Gasteiger partial charge on any atom is -0.433 e. The van der Waals surface area contributed by atoms with E-state index in [1.165, 1.54) is 6.92 Å². The van der Waals surface area contributed by atoms with E-state index in [1.54, 1.807) is 0 Å². The van der Waals surface area contributed by atoms with Gasteiger partial charge in [-0.25, -0.2) is 13.2 Å². The molecule has 0 aliphatic carbocycles. The van der Waals surface area contributed by atoms with Gasteiger partial charge in [-0.3, -0.25) is 9.59 Å². The Labute approximate surface area is 246 Å². The van der Waals surface area contributed by atoms with E-state index >= 15 is 4.39 Å². The van der Waals surface area contributed by atoms with Crippen molar-refractivity contribution in [2.45, 2.75) is 38.5 Å². The van der Waals surface area contributed by atoms with Gasteiger partial charge in [0.05, 0.1) is 22.5 Å². The molecule has 238 valence electrons. The van der Waals surface area contributed by atoms with E-state index in [2.05, 4.69) is 4.74 Å². The van der Waals surface area contributed by atoms with Gasteiger partial charge in [0.1, 0.15) is 11.6 Å². The zero-order chi connectivity index (χ0) is 33.4. The van der Waals surface area contributed by atoms with Crippen molar-refractivity contribution in [3.63, 3.8) is 0 Å². The Hall–Kier alpha value is -4.08. The molecule has 44 heavy (non-hydrogen) atoms. The van der Waals surface area contributed by atoms with E-state index < -0.39 is 87.5 Å². The zero-order valence-electron chi connectivity index (χ0n) is 22.1. The third-order valence-electron chi connectivity index (χ3n) is 6.17. The number of ether oxygens (including phenoxy) is 1. The summed E-state index contributed by atoms with van der Waals surface area (Å²) >= 11 is 5.81. The van der Waals surface area contributed by atoms with Crippen LogP contribution in [-0.4, -0.2) is 37.3 Å². The molecule has 0 saturated heterocycles. The van der Waals surface area contributed by atoms with Gasteiger partial charge in [0.25, 0.3) is 11.8 Å². The van der Waals surface area contributed by atoms with Crippen LogP contribution in [-0.2, 0) is 5.67 Å². The number of nitrogens with zero attached hydrogens (tertiary/aromatic N) is 1. The Morgan fingerprint density at radius 3 is 2.09 bits per heavy atom. The van der Waals surface area contributed by atoms with Crippen molar-refractivity contribution in [1.82, 2.24) is 0 Å². The predicted octanol–water partition coefficient (Wildman–Crippen LogP) is 8.74. The summed E-state index contributed by atoms with van der Waals surface area (Å²) in [7, 11) is 0. The van der Waals surface area contributed by atoms with Gasteiger partial charge in [-0.05, 0) is 61.9 Å². The normalized spacial score (nSPS) is 12.3. The molecule has 1 N–H and O–H groups in total. The highest BCUT2D eigenvalue weighted by Gasteiger charge is 2.73. The number of aryl methyl sites for hydroxylation is 1. The van der Waals surface area contributed by atoms with Gasteiger partial charge in [-0.2, -0.15) is 35.1 Å². The van der Waals surface area contributed by atoms with Crippen molar-refractivity contribution >= 4 is 34.8 Å². The first-order valence-corrected chi connectivity index (χ1v) is 12.4. The number of carbonyl (C=O) groups is 2. The topological polar surface area (TPSA) is 58.6 Å². The molecule has 0 atom stereocenters. The Kier molecular flexibility index (Phi) is 9.77. The highest BCUT2D eigenvalue weighted by molar-refractivity contribution is 6.31. The van der Waals surface area contributed by atoms with E-state index in [9.17, 15) is 53.5 Å². The number of amides is 2. The van der Waals surface area contributed by atoms with Crippen LogP contribution in [0, 0.1) is 18.6 Å². The van der Waals surface area contributed by atoms with Crippen LogP contribution in [0.1, 0.15) is 38.8 Å². The minimum absolute atomic E-state index is 0.00127. The lowest BCUT2D eigenvalue weighted by Gasteiger charge is -2.31. The summed E-state index contributed by atoms with van der Waals surface area (Å²) in [5, 5.41) is 1.83. The first kappa shape index (κ1) is 34.4. The number of hydrogen-bond donors (Lipinski definition) is 1. The number of benzene rings is 3. The molecule has 0 radical (unpaired) electrons. The number of carbonyl (C=O) groups excluding carboxylic acids is 2. The molecule has 5 nitrogen and oxygen atoms in total. The van der Waals surface area contributed by atoms with E-state index in [0.29, 0.717) is 0 Å². The van der Waals surface area contributed by atoms with E-state index in [1.807, 2.05) is 5.32 Å². The van der Waals surface area contributed by atoms with Crippen LogP contribution in [0.4, 0.5) is 59.7 Å². The van der Waals surface area contributed by atoms with Gasteiger partial charge in [-0.15, -0.1) is 0 Å². The number of rotatable bonds is 8. The van der Waals surface area contributed by atoms with Gasteiger partial charge < -0.3 is 15.0 Å². The second-order valence-corrected chi connectivity index (χ2v) is 9.40. The molecular formula is C27H18ClF11N2O3. The third-order valence-corrected chi connectivity index (χ3v) is 6.40. The van der Waals surface area contributed by atoms with Crippen molar-refractivity contribution in [3.8, 4) is 5.75 Å². The van der Waals surface area contributed by atoms with Crippen LogP contribution >= 0.6 is 11.6 Å². The second kappa shape index (κ2) is 12.5. The van der Waals surface area contributed by atoms with Crippen molar-refractivity contribution in [3.05, 3.63) is 87.4 Å². The molecule has 0 bridgehead atoms. The average molecular weight is 663 g/mol. The van der Waals surface area contributed by atoms with Gasteiger partial charge in [0.15, 0.2) is 5.82 Å². The van der Waals surface area contributed by atoms with E-state index in [4.69, 9.17) is 11.6 Å². The number of hydrogen-bond acceptors (Lipinski definition) is 3. The molecule has 0 aliphatic rings. The highest BCUT2D eigenvalue weighted by atomic mass is 35.5. The first-order chi connectivity index (χ1) is 20.2. The maximum atomic E-state index is 15.6. The Balaban J connectivity index is 2.09. The molecule has 0 aliphatic heterocycles. The summed E-state index contributed by atoms with van der Waals surface area (Å²) < 4.78 is 154. The lowest BCUT2D eigenvalue weighted by atomic mass is 9.92. The van der Waals surface area contributed by atoms with Gasteiger partial charge in [0, 0.05) is 17.1 Å². The minimum atomic E-state index is -6.59. The standard InChI is InChI=1S/C27H18ClF11N2O3/c1-3-41(23(43)16-11-14(28)7-8-17(16)29)18-6-4-5-15(20(18)30)22(42)40-21-12(2)9-13(10-19(21)44-24(31)32)25(33,26(34,35)36)27(37,38)39/h4-11,24H,3H2,1-2H3,(H,40,42). The van der Waals surface area contributed by atoms with E-state index in [-0.39, 0.29) is 23.7 Å². The van der Waals surface area contributed by atoms with Crippen LogP contribution in [0.15, 0.2) is 48.5 Å². The summed E-state index contributed by atoms with van der Waals surface area (Å²) in [4.78, 5) is 26.7. The van der Waals surface area contributed by atoms with Crippen molar-refractivity contribution < 1.29 is 62.6 Å². The van der Waals surface area contributed by atoms with Gasteiger partial charge >= 0.3 is 24.6 Å². The average Bonchev–Trinajstić information content (AvgIpc) is 2.90. The summed E-state index contributed by atoms with van der Waals surface area (Å²) in [5.41, 5.74) is -12.0. The fourth-order valence-electron chi connectivity index (χ4n) is 4.11. The summed E-state index contributed by atoms with van der Waals surface area (Å²) in [5.74, 6) is -6.49. The molecule has 3 aromatic rings. The molecule has 0 aromatic heterocycles. The lowest BCUT2D eigenvalue weighted by molar-refractivity contribution is -0.348. The van der Waals surface area contributed by atoms with E-state index in [0.717, 1.165) is 48.2 Å². The Morgan fingerprint density at radius 2 is 1.55 bits per heavy atom. The maximum absolute atomic E-state index is 15.6. The van der Waals surface area contributed by atoms with Crippen LogP contribution in [0.3, 0.4) is 0 Å². The van der Waals surface area contributed by atoms with Crippen LogP contribution in [0.2, 0.25) is 5.02 Å². The SMILES string of the molecule is CCN(C(=O)c1cc(Cl)ccc1F)c1cccc(C(=O)Nc2c(C)cc(C(F)(C(F)(F)F)C(F)(F)F)cc2OC(F)F)c1F. The zero-order valence-corrected chi connectivity index (χ0v) is 22.9. The molecule has 0 heterocycles. The summed E-state index contributed by atoms with van der Waals surface area (Å²) in [6, 6.07) is 5.60. The van der Waals surface area contributed by atoms with Crippen LogP contribution in [0.25, 0.3) is 0 Å². The largest absolute Gasteiger partial charge is 0.435 e. The number of nitrogens with one attached hydrogen (secondary N) is 1. The maximum Gasteiger partial charge on any atom is 0.435 e. The Morgan fingerprint density at radius 1 is 0.932 bits per heavy atom. The monoisotopic (exact) mass is 662 g/mol. The highest BCUT2D eigenvalue weighted by Crippen LogP contribution is 2.54. The van der Waals surface area contributed by atoms with Crippen molar-refractivity contribution in [2.24, 2.45) is 0 Å². The lowest BCUT2D eigenvalue weighted by Crippen LogP contribution is -2.50. The summed E-state index contributed by atoms with van der Waals surface area (Å²) in [6.45, 7) is -2.03. The van der Waals surface area contributed by atoms with Crippen LogP contribution < -0.4 is 15.0 Å². The quantitative estimate of drug-likeness (QED) is 0.246. The predicted molar refractivity (Wildman–Crippen MR) is 136 cm³/mol. The molecule has 0 fully saturated rings. The molecule has 0 unspecified atom stereocenters. The fourth-order valence-corrected chi connectivity index (χ4v) is 4.28. The summed E-state index contributed by atoms with van der Waals surface area (Å²) in [6.07, 6.45) is -13.2. The fraction of sp³-hybridized carbons (Fsp3) is 0.259. The van der Waals surface area contributed by atoms with Gasteiger partial charge in [0.2, 0.25) is 0 Å².